The maximum absolute atomic E-state index is 12.6. The molecule has 2 aliphatic rings. The first kappa shape index (κ1) is 13.6. The van der Waals surface area contributed by atoms with E-state index in [1.807, 2.05) is 16.5 Å². The summed E-state index contributed by atoms with van der Waals surface area (Å²) in [7, 11) is 0. The van der Waals surface area contributed by atoms with Gasteiger partial charge in [-0.15, -0.1) is 0 Å². The zero-order chi connectivity index (χ0) is 14.1. The van der Waals surface area contributed by atoms with E-state index in [1.165, 1.54) is 25.7 Å². The fourth-order valence-electron chi connectivity index (χ4n) is 3.60. The molecule has 110 valence electrons. The summed E-state index contributed by atoms with van der Waals surface area (Å²) >= 11 is 0. The number of hydrogen-bond donors (Lipinski definition) is 1. The number of aliphatic hydroxyl groups excluding tert-OH is 1. The Bertz CT molecular complexity index is 491. The summed E-state index contributed by atoms with van der Waals surface area (Å²) < 4.78 is 2.03. The Morgan fingerprint density at radius 1 is 1.35 bits per heavy atom. The third-order valence-corrected chi connectivity index (χ3v) is 4.79. The molecule has 0 bridgehead atoms. The van der Waals surface area contributed by atoms with Crippen molar-refractivity contribution in [3.05, 3.63) is 17.5 Å². The Balaban J connectivity index is 1.81. The summed E-state index contributed by atoms with van der Waals surface area (Å²) in [5.41, 5.74) is 1.68. The van der Waals surface area contributed by atoms with Gasteiger partial charge >= 0.3 is 0 Å². The predicted octanol–water partition coefficient (Wildman–Crippen LogP) is 1.90. The number of carbonyl (C=O) groups excluding carboxylic acids is 1. The van der Waals surface area contributed by atoms with Crippen LogP contribution < -0.4 is 0 Å². The molecule has 1 aliphatic heterocycles. The highest BCUT2D eigenvalue weighted by atomic mass is 16.3. The smallest absolute Gasteiger partial charge is 0.257 e. The van der Waals surface area contributed by atoms with Crippen molar-refractivity contribution in [1.82, 2.24) is 14.7 Å². The number of aromatic nitrogens is 2. The van der Waals surface area contributed by atoms with Crippen molar-refractivity contribution < 1.29 is 9.90 Å². The molecule has 2 heterocycles. The second-order valence-electron chi connectivity index (χ2n) is 6.00. The van der Waals surface area contributed by atoms with Gasteiger partial charge in [0.15, 0.2) is 0 Å². The van der Waals surface area contributed by atoms with Crippen LogP contribution in [0.3, 0.4) is 0 Å². The Morgan fingerprint density at radius 2 is 2.10 bits per heavy atom. The second-order valence-corrected chi connectivity index (χ2v) is 6.00. The van der Waals surface area contributed by atoms with Gasteiger partial charge in [-0.1, -0.05) is 12.8 Å². The molecule has 1 aromatic heterocycles. The van der Waals surface area contributed by atoms with Gasteiger partial charge in [0.25, 0.3) is 5.91 Å². The molecule has 1 atom stereocenters. The molecule has 0 spiro atoms. The third kappa shape index (κ3) is 2.24. The van der Waals surface area contributed by atoms with Gasteiger partial charge in [0.2, 0.25) is 0 Å². The monoisotopic (exact) mass is 277 g/mol. The van der Waals surface area contributed by atoms with Crippen LogP contribution in [0, 0.1) is 6.92 Å². The lowest BCUT2D eigenvalue weighted by molar-refractivity contribution is 0.0676. The average molecular weight is 277 g/mol. The van der Waals surface area contributed by atoms with E-state index in [1.54, 1.807) is 6.20 Å². The number of hydrogen-bond acceptors (Lipinski definition) is 3. The molecule has 1 saturated heterocycles. The lowest BCUT2D eigenvalue weighted by atomic mass is 10.2. The van der Waals surface area contributed by atoms with Gasteiger partial charge in [0.05, 0.1) is 30.5 Å². The van der Waals surface area contributed by atoms with Gasteiger partial charge < -0.3 is 10.0 Å². The molecule has 0 aromatic carbocycles. The van der Waals surface area contributed by atoms with Crippen LogP contribution in [-0.4, -0.2) is 44.9 Å². The maximum atomic E-state index is 12.6. The summed E-state index contributed by atoms with van der Waals surface area (Å²) in [5, 5.41) is 13.8. The van der Waals surface area contributed by atoms with Crippen molar-refractivity contribution in [2.75, 3.05) is 13.2 Å². The SMILES string of the molecule is Cc1c(C(=O)N2CCC[C@H]2CO)cnn1C1CCCC1. The molecule has 2 fully saturated rings. The van der Waals surface area contributed by atoms with Crippen LogP contribution in [0.15, 0.2) is 6.20 Å². The van der Waals surface area contributed by atoms with Crippen molar-refractivity contribution >= 4 is 5.91 Å². The van der Waals surface area contributed by atoms with Gasteiger partial charge in [0, 0.05) is 12.2 Å². The summed E-state index contributed by atoms with van der Waals surface area (Å²) in [6, 6.07) is 0.445. The van der Waals surface area contributed by atoms with E-state index in [9.17, 15) is 9.90 Å². The van der Waals surface area contributed by atoms with Crippen LogP contribution >= 0.6 is 0 Å². The van der Waals surface area contributed by atoms with Crippen LogP contribution in [0.4, 0.5) is 0 Å². The zero-order valence-electron chi connectivity index (χ0n) is 12.1. The van der Waals surface area contributed by atoms with Crippen molar-refractivity contribution in [3.8, 4) is 0 Å². The maximum Gasteiger partial charge on any atom is 0.257 e. The van der Waals surface area contributed by atoms with E-state index in [0.717, 1.165) is 25.1 Å². The quantitative estimate of drug-likeness (QED) is 0.918. The molecular formula is C15H23N3O2. The van der Waals surface area contributed by atoms with E-state index in [0.29, 0.717) is 11.6 Å². The zero-order valence-corrected chi connectivity index (χ0v) is 12.1. The number of likely N-dealkylation sites (tertiary alicyclic amines) is 1. The van der Waals surface area contributed by atoms with Crippen LogP contribution in [0.5, 0.6) is 0 Å². The molecule has 1 aromatic rings. The molecule has 1 saturated carbocycles. The second kappa shape index (κ2) is 5.56. The van der Waals surface area contributed by atoms with Gasteiger partial charge in [-0.2, -0.15) is 5.10 Å². The number of amides is 1. The molecule has 3 rings (SSSR count). The minimum Gasteiger partial charge on any atom is -0.394 e. The minimum atomic E-state index is -0.0169. The molecule has 0 unspecified atom stereocenters. The lowest BCUT2D eigenvalue weighted by Gasteiger charge is -2.23. The number of carbonyl (C=O) groups is 1. The molecule has 1 N–H and O–H groups in total. The average Bonchev–Trinajstić information content (AvgIpc) is 3.17. The molecule has 0 radical (unpaired) electrons. The molecular weight excluding hydrogens is 254 g/mol. The number of nitrogens with zero attached hydrogens (tertiary/aromatic N) is 3. The number of rotatable bonds is 3. The minimum absolute atomic E-state index is 0.0169. The first-order chi connectivity index (χ1) is 9.72. The van der Waals surface area contributed by atoms with E-state index in [-0.39, 0.29) is 18.6 Å². The summed E-state index contributed by atoms with van der Waals surface area (Å²) in [5.74, 6) is 0.0308. The third-order valence-electron chi connectivity index (χ3n) is 4.79. The molecule has 20 heavy (non-hydrogen) atoms. The van der Waals surface area contributed by atoms with Gasteiger partial charge in [-0.3, -0.25) is 9.48 Å². The normalized spacial score (nSPS) is 23.7. The summed E-state index contributed by atoms with van der Waals surface area (Å²) in [6.45, 7) is 2.79. The van der Waals surface area contributed by atoms with E-state index in [4.69, 9.17) is 0 Å². The van der Waals surface area contributed by atoms with Crippen LogP contribution in [0.25, 0.3) is 0 Å². The predicted molar refractivity (Wildman–Crippen MR) is 75.6 cm³/mol. The topological polar surface area (TPSA) is 58.4 Å². The van der Waals surface area contributed by atoms with Crippen LogP contribution in [0.1, 0.15) is 60.6 Å². The number of aliphatic hydroxyl groups is 1. The Kier molecular flexibility index (Phi) is 3.78. The highest BCUT2D eigenvalue weighted by Gasteiger charge is 2.31. The van der Waals surface area contributed by atoms with Gasteiger partial charge in [-0.05, 0) is 32.6 Å². The fourth-order valence-corrected chi connectivity index (χ4v) is 3.60. The van der Waals surface area contributed by atoms with E-state index < -0.39 is 0 Å². The van der Waals surface area contributed by atoms with Crippen molar-refractivity contribution in [2.24, 2.45) is 0 Å². The van der Waals surface area contributed by atoms with Crippen molar-refractivity contribution in [1.29, 1.82) is 0 Å². The summed E-state index contributed by atoms with van der Waals surface area (Å²) in [4.78, 5) is 14.4. The van der Waals surface area contributed by atoms with E-state index >= 15 is 0 Å². The molecule has 1 aliphatic carbocycles. The molecule has 1 amide bonds. The van der Waals surface area contributed by atoms with Crippen LogP contribution in [-0.2, 0) is 0 Å². The fraction of sp³-hybridized carbons (Fsp3) is 0.733. The Morgan fingerprint density at radius 3 is 2.80 bits per heavy atom. The first-order valence-corrected chi connectivity index (χ1v) is 7.68. The van der Waals surface area contributed by atoms with Crippen LogP contribution in [0.2, 0.25) is 0 Å². The van der Waals surface area contributed by atoms with Crippen molar-refractivity contribution in [3.63, 3.8) is 0 Å². The van der Waals surface area contributed by atoms with Gasteiger partial charge in [0.1, 0.15) is 0 Å². The standard InChI is InChI=1S/C15H23N3O2/c1-11-14(9-16-18(11)12-5-2-3-6-12)15(20)17-8-4-7-13(17)10-19/h9,12-13,19H,2-8,10H2,1H3/t13-/m0/s1. The summed E-state index contributed by atoms with van der Waals surface area (Å²) in [6.07, 6.45) is 8.43. The highest BCUT2D eigenvalue weighted by Crippen LogP contribution is 2.31. The van der Waals surface area contributed by atoms with E-state index in [2.05, 4.69) is 5.10 Å². The Hall–Kier alpha value is -1.36. The Labute approximate surface area is 119 Å². The lowest BCUT2D eigenvalue weighted by Crippen LogP contribution is -2.37. The molecule has 5 heteroatoms. The van der Waals surface area contributed by atoms with Crippen molar-refractivity contribution in [2.45, 2.75) is 57.5 Å². The highest BCUT2D eigenvalue weighted by molar-refractivity contribution is 5.95. The molecule has 5 nitrogen and oxygen atoms in total. The largest absolute Gasteiger partial charge is 0.394 e. The van der Waals surface area contributed by atoms with Gasteiger partial charge in [-0.25, -0.2) is 0 Å². The first-order valence-electron chi connectivity index (χ1n) is 7.68.